The first-order valence-electron chi connectivity index (χ1n) is 5.31. The number of hydrogen-bond donors (Lipinski definition) is 1. The maximum atomic E-state index is 11.9. The van der Waals surface area contributed by atoms with Gasteiger partial charge in [-0.1, -0.05) is 30.3 Å². The van der Waals surface area contributed by atoms with Crippen molar-refractivity contribution in [1.29, 1.82) is 0 Å². The van der Waals surface area contributed by atoms with Gasteiger partial charge in [0, 0.05) is 6.04 Å². The summed E-state index contributed by atoms with van der Waals surface area (Å²) in [6.07, 6.45) is 0. The zero-order valence-electron chi connectivity index (χ0n) is 10.2. The molecule has 0 aromatic heterocycles. The first kappa shape index (κ1) is 13.2. The summed E-state index contributed by atoms with van der Waals surface area (Å²) in [5.41, 5.74) is 0.968. The van der Waals surface area contributed by atoms with Gasteiger partial charge in [-0.2, -0.15) is 0 Å². The van der Waals surface area contributed by atoms with Crippen LogP contribution >= 0.6 is 0 Å². The van der Waals surface area contributed by atoms with Crippen LogP contribution in [0.15, 0.2) is 30.3 Å². The molecule has 0 heterocycles. The third-order valence-electron chi connectivity index (χ3n) is 2.44. The summed E-state index contributed by atoms with van der Waals surface area (Å²) >= 11 is 0. The molecule has 0 unspecified atom stereocenters. The van der Waals surface area contributed by atoms with Crippen LogP contribution in [-0.4, -0.2) is 13.2 Å². The minimum atomic E-state index is -3.30. The predicted octanol–water partition coefficient (Wildman–Crippen LogP) is 2.47. The van der Waals surface area contributed by atoms with E-state index in [-0.39, 0.29) is 6.04 Å². The van der Waals surface area contributed by atoms with E-state index in [1.165, 1.54) is 0 Å². The topological polar surface area (TPSA) is 46.2 Å². The lowest BCUT2D eigenvalue weighted by Crippen LogP contribution is -2.40. The molecule has 0 fully saturated rings. The fraction of sp³-hybridized carbons (Fsp3) is 0.500. The molecule has 90 valence electrons. The van der Waals surface area contributed by atoms with Crippen molar-refractivity contribution in [3.8, 4) is 0 Å². The molecule has 0 saturated heterocycles. The Bertz CT molecular complexity index is 432. The number of hydrogen-bond acceptors (Lipinski definition) is 2. The Morgan fingerprint density at radius 3 is 2.06 bits per heavy atom. The summed E-state index contributed by atoms with van der Waals surface area (Å²) in [4.78, 5) is 0. The van der Waals surface area contributed by atoms with Crippen molar-refractivity contribution < 1.29 is 8.42 Å². The number of nitrogens with one attached hydrogen (secondary N) is 1. The second-order valence-electron chi connectivity index (χ2n) is 4.87. The highest BCUT2D eigenvalue weighted by molar-refractivity contribution is 7.90. The average Bonchev–Trinajstić information content (AvgIpc) is 2.16. The van der Waals surface area contributed by atoms with Crippen molar-refractivity contribution in [1.82, 2.24) is 4.72 Å². The van der Waals surface area contributed by atoms with Crippen molar-refractivity contribution in [2.75, 3.05) is 0 Å². The molecule has 0 bridgehead atoms. The molecule has 1 aromatic carbocycles. The molecule has 0 amide bonds. The van der Waals surface area contributed by atoms with Gasteiger partial charge in [0.15, 0.2) is 0 Å². The second-order valence-corrected chi connectivity index (χ2v) is 7.33. The largest absolute Gasteiger partial charge is 0.217 e. The highest BCUT2D eigenvalue weighted by atomic mass is 32.2. The van der Waals surface area contributed by atoms with Crippen molar-refractivity contribution in [2.24, 2.45) is 0 Å². The molecule has 0 aliphatic rings. The summed E-state index contributed by atoms with van der Waals surface area (Å²) in [6.45, 7) is 6.91. The maximum absolute atomic E-state index is 11.9. The molecule has 1 aromatic rings. The molecule has 0 saturated carbocycles. The van der Waals surface area contributed by atoms with Crippen LogP contribution < -0.4 is 4.72 Å². The van der Waals surface area contributed by atoms with E-state index < -0.39 is 14.8 Å². The van der Waals surface area contributed by atoms with Crippen LogP contribution in [0.2, 0.25) is 0 Å². The minimum absolute atomic E-state index is 0.203. The summed E-state index contributed by atoms with van der Waals surface area (Å²) in [5.74, 6) is 0. The van der Waals surface area contributed by atoms with Crippen molar-refractivity contribution in [2.45, 2.75) is 38.5 Å². The third kappa shape index (κ3) is 3.06. The first-order chi connectivity index (χ1) is 7.24. The third-order valence-corrected chi connectivity index (χ3v) is 4.71. The van der Waals surface area contributed by atoms with E-state index in [1.807, 2.05) is 37.3 Å². The molecule has 16 heavy (non-hydrogen) atoms. The molecule has 4 heteroatoms. The second kappa shape index (κ2) is 4.55. The van der Waals surface area contributed by atoms with Crippen molar-refractivity contribution >= 4 is 10.0 Å². The van der Waals surface area contributed by atoms with E-state index in [1.54, 1.807) is 20.8 Å². The summed E-state index contributed by atoms with van der Waals surface area (Å²) in [5, 5.41) is 0. The van der Waals surface area contributed by atoms with E-state index >= 15 is 0 Å². The van der Waals surface area contributed by atoms with Crippen LogP contribution in [-0.2, 0) is 10.0 Å². The molecule has 0 spiro atoms. The smallest absolute Gasteiger partial charge is 0.212 e. The average molecular weight is 241 g/mol. The number of sulfonamides is 1. The lowest BCUT2D eigenvalue weighted by Gasteiger charge is -2.23. The molecule has 3 nitrogen and oxygen atoms in total. The Morgan fingerprint density at radius 2 is 1.62 bits per heavy atom. The first-order valence-corrected chi connectivity index (χ1v) is 6.79. The lowest BCUT2D eigenvalue weighted by molar-refractivity contribution is 0.532. The van der Waals surface area contributed by atoms with Crippen LogP contribution in [0.25, 0.3) is 0 Å². The van der Waals surface area contributed by atoms with E-state index in [2.05, 4.69) is 4.72 Å². The SMILES string of the molecule is C[C@@H](NS(=O)(=O)C(C)(C)C)c1ccccc1. The molecule has 1 atom stereocenters. The van der Waals surface area contributed by atoms with Crippen molar-refractivity contribution in [3.63, 3.8) is 0 Å². The van der Waals surface area contributed by atoms with Gasteiger partial charge >= 0.3 is 0 Å². The predicted molar refractivity (Wildman–Crippen MR) is 66.7 cm³/mol. The van der Waals surface area contributed by atoms with E-state index in [4.69, 9.17) is 0 Å². The Morgan fingerprint density at radius 1 is 1.12 bits per heavy atom. The fourth-order valence-electron chi connectivity index (χ4n) is 1.22. The van der Waals surface area contributed by atoms with Gasteiger partial charge in [0.05, 0.1) is 4.75 Å². The molecule has 1 rings (SSSR count). The highest BCUT2D eigenvalue weighted by Crippen LogP contribution is 2.19. The summed E-state index contributed by atoms with van der Waals surface area (Å²) in [6, 6.07) is 9.33. The van der Waals surface area contributed by atoms with Gasteiger partial charge in [0.1, 0.15) is 0 Å². The van der Waals surface area contributed by atoms with Crippen LogP contribution in [0.1, 0.15) is 39.3 Å². The van der Waals surface area contributed by atoms with E-state index in [0.29, 0.717) is 0 Å². The van der Waals surface area contributed by atoms with Gasteiger partial charge in [-0.05, 0) is 33.3 Å². The van der Waals surface area contributed by atoms with Crippen molar-refractivity contribution in [3.05, 3.63) is 35.9 Å². The van der Waals surface area contributed by atoms with Gasteiger partial charge < -0.3 is 0 Å². The normalized spacial score (nSPS) is 14.8. The molecule has 0 aliphatic carbocycles. The Labute approximate surface area is 97.9 Å². The van der Waals surface area contributed by atoms with Crippen LogP contribution in [0.5, 0.6) is 0 Å². The standard InChI is InChI=1S/C12H19NO2S/c1-10(11-8-6-5-7-9-11)13-16(14,15)12(2,3)4/h5-10,13H,1-4H3/t10-/m1/s1. The zero-order chi connectivity index (χ0) is 12.4. The summed E-state index contributed by atoms with van der Waals surface area (Å²) in [7, 11) is -3.30. The maximum Gasteiger partial charge on any atom is 0.217 e. The zero-order valence-corrected chi connectivity index (χ0v) is 11.0. The van der Waals surface area contributed by atoms with E-state index in [0.717, 1.165) is 5.56 Å². The number of benzene rings is 1. The fourth-order valence-corrected chi connectivity index (χ4v) is 2.17. The van der Waals surface area contributed by atoms with E-state index in [9.17, 15) is 8.42 Å². The van der Waals surface area contributed by atoms with Gasteiger partial charge in [0.2, 0.25) is 10.0 Å². The van der Waals surface area contributed by atoms with Gasteiger partial charge in [-0.15, -0.1) is 0 Å². The monoisotopic (exact) mass is 241 g/mol. The molecular weight excluding hydrogens is 222 g/mol. The Balaban J connectivity index is 2.85. The van der Waals surface area contributed by atoms with Crippen LogP contribution in [0.3, 0.4) is 0 Å². The van der Waals surface area contributed by atoms with Crippen LogP contribution in [0.4, 0.5) is 0 Å². The minimum Gasteiger partial charge on any atom is -0.212 e. The molecular formula is C12H19NO2S. The Hall–Kier alpha value is -0.870. The van der Waals surface area contributed by atoms with Gasteiger partial charge in [-0.25, -0.2) is 13.1 Å². The van der Waals surface area contributed by atoms with Gasteiger partial charge in [0.25, 0.3) is 0 Å². The number of rotatable bonds is 3. The lowest BCUT2D eigenvalue weighted by atomic mass is 10.1. The molecule has 0 aliphatic heterocycles. The molecule has 1 N–H and O–H groups in total. The highest BCUT2D eigenvalue weighted by Gasteiger charge is 2.30. The van der Waals surface area contributed by atoms with Gasteiger partial charge in [-0.3, -0.25) is 0 Å². The molecule has 0 radical (unpaired) electrons. The Kier molecular flexibility index (Phi) is 3.76. The van der Waals surface area contributed by atoms with Crippen LogP contribution in [0, 0.1) is 0 Å². The quantitative estimate of drug-likeness (QED) is 0.883. The summed E-state index contributed by atoms with van der Waals surface area (Å²) < 4.78 is 25.8.